The molecular weight excluding hydrogens is 689 g/mol. The summed E-state index contributed by atoms with van der Waals surface area (Å²) in [4.78, 5) is 0. The minimum absolute atomic E-state index is 0.704. The first-order valence-electron chi connectivity index (χ1n) is 19.5. The van der Waals surface area contributed by atoms with Gasteiger partial charge in [-0.15, -0.1) is 0 Å². The van der Waals surface area contributed by atoms with Crippen molar-refractivity contribution in [3.63, 3.8) is 0 Å². The van der Waals surface area contributed by atoms with E-state index in [9.17, 15) is 5.26 Å². The van der Waals surface area contributed by atoms with Crippen molar-refractivity contribution in [2.45, 2.75) is 0 Å². The largest absolute Gasteiger partial charge is 0.309 e. The van der Waals surface area contributed by atoms with Crippen molar-refractivity contribution in [2.75, 3.05) is 0 Å². The van der Waals surface area contributed by atoms with E-state index in [1.165, 1.54) is 76.1 Å². The van der Waals surface area contributed by atoms with Crippen molar-refractivity contribution in [2.24, 2.45) is 0 Å². The third-order valence-electron chi connectivity index (χ3n) is 12.2. The summed E-state index contributed by atoms with van der Waals surface area (Å²) in [6.07, 6.45) is 0. The highest BCUT2D eigenvalue weighted by Gasteiger charge is 2.20. The van der Waals surface area contributed by atoms with E-state index in [1.54, 1.807) is 0 Å². The number of aromatic nitrogens is 1. The summed E-state index contributed by atoms with van der Waals surface area (Å²) in [5, 5.41) is 24.5. The Hall–Kier alpha value is -7.73. The van der Waals surface area contributed by atoms with Gasteiger partial charge < -0.3 is 4.57 Å². The predicted molar refractivity (Wildman–Crippen MR) is 241 cm³/mol. The molecule has 0 spiro atoms. The maximum atomic E-state index is 9.98. The van der Waals surface area contributed by atoms with Gasteiger partial charge in [0.25, 0.3) is 0 Å². The van der Waals surface area contributed by atoms with Crippen molar-refractivity contribution in [3.05, 3.63) is 200 Å². The molecule has 11 aromatic carbocycles. The van der Waals surface area contributed by atoms with Crippen LogP contribution in [0.25, 0.3) is 115 Å². The van der Waals surface area contributed by atoms with E-state index in [0.29, 0.717) is 5.56 Å². The highest BCUT2D eigenvalue weighted by molar-refractivity contribution is 6.27. The van der Waals surface area contributed by atoms with Crippen LogP contribution in [0.2, 0.25) is 0 Å². The second-order valence-electron chi connectivity index (χ2n) is 15.1. The van der Waals surface area contributed by atoms with Gasteiger partial charge in [-0.05, 0) is 130 Å². The molecule has 0 aliphatic rings. The monoisotopic (exact) mass is 720 g/mol. The van der Waals surface area contributed by atoms with Crippen LogP contribution < -0.4 is 0 Å². The summed E-state index contributed by atoms with van der Waals surface area (Å²) in [5.41, 5.74) is 11.3. The lowest BCUT2D eigenvalue weighted by molar-refractivity contribution is 1.18. The third kappa shape index (κ3) is 4.64. The molecule has 12 aromatic rings. The van der Waals surface area contributed by atoms with Gasteiger partial charge in [0.1, 0.15) is 0 Å². The number of fused-ring (bicyclic) bond motifs is 6. The van der Waals surface area contributed by atoms with Crippen molar-refractivity contribution >= 4 is 75.7 Å². The van der Waals surface area contributed by atoms with Gasteiger partial charge in [-0.3, -0.25) is 0 Å². The van der Waals surface area contributed by atoms with Gasteiger partial charge in [0.2, 0.25) is 0 Å². The summed E-state index contributed by atoms with van der Waals surface area (Å²) in [7, 11) is 0. The molecule has 0 atom stereocenters. The van der Waals surface area contributed by atoms with Crippen molar-refractivity contribution in [1.82, 2.24) is 4.57 Å². The maximum Gasteiger partial charge on any atom is 0.0998 e. The first-order chi connectivity index (χ1) is 28.2. The normalized spacial score (nSPS) is 11.8. The molecule has 0 amide bonds. The first-order valence-corrected chi connectivity index (χ1v) is 19.5. The zero-order valence-electron chi connectivity index (χ0n) is 30.9. The van der Waals surface area contributed by atoms with Crippen LogP contribution in [0.3, 0.4) is 0 Å². The smallest absolute Gasteiger partial charge is 0.0998 e. The van der Waals surface area contributed by atoms with Crippen molar-refractivity contribution in [1.29, 1.82) is 5.26 Å². The summed E-state index contributed by atoms with van der Waals surface area (Å²) in [6, 6.07) is 72.9. The number of hydrogen-bond acceptors (Lipinski definition) is 1. The molecule has 1 aromatic heterocycles. The molecule has 0 aliphatic heterocycles. The minimum atomic E-state index is 0.704. The quantitative estimate of drug-likeness (QED) is 0.166. The van der Waals surface area contributed by atoms with Crippen LogP contribution >= 0.6 is 0 Å². The Morgan fingerprint density at radius 1 is 0.333 bits per heavy atom. The molecule has 0 fully saturated rings. The summed E-state index contributed by atoms with van der Waals surface area (Å²) in [6.45, 7) is 0. The van der Waals surface area contributed by atoms with Gasteiger partial charge in [-0.25, -0.2) is 0 Å². The van der Waals surface area contributed by atoms with E-state index in [0.717, 1.165) is 38.6 Å². The Balaban J connectivity index is 1.04. The molecule has 12 rings (SSSR count). The lowest BCUT2D eigenvalue weighted by Gasteiger charge is -2.17. The predicted octanol–water partition coefficient (Wildman–Crippen LogP) is 14.9. The summed E-state index contributed by atoms with van der Waals surface area (Å²) in [5.74, 6) is 0. The Morgan fingerprint density at radius 2 is 0.965 bits per heavy atom. The number of benzene rings is 11. The summed E-state index contributed by atoms with van der Waals surface area (Å²) < 4.78 is 2.35. The molecule has 0 saturated carbocycles. The molecule has 262 valence electrons. The first kappa shape index (κ1) is 31.6. The summed E-state index contributed by atoms with van der Waals surface area (Å²) >= 11 is 0. The van der Waals surface area contributed by atoms with Gasteiger partial charge in [0, 0.05) is 21.8 Å². The SMILES string of the molecule is N#Cc1ccc2c3c1ccc1cc(-c4ccc(-c5cc6c7ccccc7c(-c7cccc8ccccc78)cc6c6ccccc56)cc4)cc(c13)n2-c1ccccc1. The minimum Gasteiger partial charge on any atom is -0.309 e. The zero-order valence-corrected chi connectivity index (χ0v) is 30.9. The molecule has 0 bridgehead atoms. The number of nitriles is 1. The average Bonchev–Trinajstić information content (AvgIpc) is 3.62. The van der Waals surface area contributed by atoms with E-state index < -0.39 is 0 Å². The van der Waals surface area contributed by atoms with Crippen LogP contribution in [0.4, 0.5) is 0 Å². The average molecular weight is 721 g/mol. The molecule has 0 radical (unpaired) electrons. The Kier molecular flexibility index (Phi) is 6.73. The highest BCUT2D eigenvalue weighted by atomic mass is 15.0. The molecule has 0 N–H and O–H groups in total. The van der Waals surface area contributed by atoms with Gasteiger partial charge in [0.15, 0.2) is 0 Å². The van der Waals surface area contributed by atoms with Gasteiger partial charge in [-0.1, -0.05) is 146 Å². The van der Waals surface area contributed by atoms with Crippen LogP contribution in [0.5, 0.6) is 0 Å². The van der Waals surface area contributed by atoms with E-state index in [2.05, 4.69) is 199 Å². The third-order valence-corrected chi connectivity index (χ3v) is 12.2. The Labute approximate surface area is 329 Å². The molecule has 0 saturated heterocycles. The number of para-hydroxylation sites is 1. The van der Waals surface area contributed by atoms with Crippen LogP contribution in [0.1, 0.15) is 5.56 Å². The molecule has 2 nitrogen and oxygen atoms in total. The second-order valence-corrected chi connectivity index (χ2v) is 15.1. The number of nitrogens with zero attached hydrogens (tertiary/aromatic N) is 2. The van der Waals surface area contributed by atoms with Gasteiger partial charge in [-0.2, -0.15) is 5.26 Å². The topological polar surface area (TPSA) is 28.7 Å². The van der Waals surface area contributed by atoms with Crippen molar-refractivity contribution in [3.8, 4) is 45.1 Å². The standard InChI is InChI=1S/C55H32N2/c56-33-38-26-28-52-55-42(38)27-25-37-29-39(30-53(54(37)55)57(52)40-13-2-1-3-14-40)34-21-23-36(24-22-34)48-31-50-47-19-9-8-18-46(47)49(32-51(50)45-17-7-6-16-44(45)48)43-20-10-12-35-11-4-5-15-41(35)43/h1-32H. The van der Waals surface area contributed by atoms with E-state index >= 15 is 0 Å². The molecule has 1 heterocycles. The zero-order chi connectivity index (χ0) is 37.6. The van der Waals surface area contributed by atoms with Crippen LogP contribution in [0, 0.1) is 11.3 Å². The lowest BCUT2D eigenvalue weighted by Crippen LogP contribution is -1.93. The molecule has 0 aliphatic carbocycles. The van der Waals surface area contributed by atoms with Crippen molar-refractivity contribution < 1.29 is 0 Å². The molecular formula is C55H32N2. The Bertz CT molecular complexity index is 3620. The fraction of sp³-hybridized carbons (Fsp3) is 0. The van der Waals surface area contributed by atoms with E-state index in [4.69, 9.17) is 0 Å². The highest BCUT2D eigenvalue weighted by Crippen LogP contribution is 2.45. The van der Waals surface area contributed by atoms with Gasteiger partial charge in [0.05, 0.1) is 22.7 Å². The lowest BCUT2D eigenvalue weighted by atomic mass is 9.86. The fourth-order valence-corrected chi connectivity index (χ4v) is 9.60. The van der Waals surface area contributed by atoms with Gasteiger partial charge >= 0.3 is 0 Å². The van der Waals surface area contributed by atoms with Crippen LogP contribution in [-0.2, 0) is 0 Å². The second kappa shape index (κ2) is 12.1. The van der Waals surface area contributed by atoms with E-state index in [-0.39, 0.29) is 0 Å². The van der Waals surface area contributed by atoms with E-state index in [1.807, 2.05) is 6.07 Å². The fourth-order valence-electron chi connectivity index (χ4n) is 9.60. The number of hydrogen-bond donors (Lipinski definition) is 0. The molecule has 0 unspecified atom stereocenters. The van der Waals surface area contributed by atoms with Crippen LogP contribution in [-0.4, -0.2) is 4.57 Å². The number of rotatable bonds is 4. The van der Waals surface area contributed by atoms with Crippen LogP contribution in [0.15, 0.2) is 194 Å². The maximum absolute atomic E-state index is 9.98. The molecule has 57 heavy (non-hydrogen) atoms. The Morgan fingerprint density at radius 3 is 1.72 bits per heavy atom. The molecule has 2 heteroatoms.